The van der Waals surface area contributed by atoms with Gasteiger partial charge in [0.2, 0.25) is 10.0 Å². The van der Waals surface area contributed by atoms with Crippen LogP contribution in [0.25, 0.3) is 0 Å². The molecule has 0 aromatic heterocycles. The number of halogens is 1. The number of benzene rings is 1. The fraction of sp³-hybridized carbons (Fsp3) is 0.571. The third kappa shape index (κ3) is 2.28. The number of hydrazine groups is 2. The van der Waals surface area contributed by atoms with Gasteiger partial charge in [-0.05, 0) is 43.5 Å². The molecule has 120 valence electrons. The maximum Gasteiger partial charge on any atom is 0.243 e. The predicted octanol–water partition coefficient (Wildman–Crippen LogP) is 1.01. The number of rotatable bonds is 2. The predicted molar refractivity (Wildman–Crippen MR) is 83.5 cm³/mol. The quantitative estimate of drug-likeness (QED) is 0.748. The van der Waals surface area contributed by atoms with Crippen molar-refractivity contribution in [3.05, 3.63) is 29.3 Å². The van der Waals surface area contributed by atoms with Gasteiger partial charge < -0.3 is 0 Å². The summed E-state index contributed by atoms with van der Waals surface area (Å²) in [6, 6.07) is 6.90. The van der Waals surface area contributed by atoms with E-state index in [4.69, 9.17) is 11.6 Å². The molecule has 4 atom stereocenters. The second-order valence-electron chi connectivity index (χ2n) is 6.22. The third-order valence-electron chi connectivity index (χ3n) is 4.98. The molecule has 3 saturated heterocycles. The van der Waals surface area contributed by atoms with Crippen LogP contribution in [0.3, 0.4) is 0 Å². The molecule has 3 aliphatic rings. The highest BCUT2D eigenvalue weighted by molar-refractivity contribution is 7.89. The second-order valence-corrected chi connectivity index (χ2v) is 8.50. The van der Waals surface area contributed by atoms with Crippen molar-refractivity contribution < 1.29 is 8.42 Å². The molecule has 3 aliphatic heterocycles. The molecule has 2 bridgehead atoms. The van der Waals surface area contributed by atoms with Gasteiger partial charge in [-0.25, -0.2) is 19.3 Å². The third-order valence-corrected chi connectivity index (χ3v) is 7.23. The minimum atomic E-state index is -3.50. The van der Waals surface area contributed by atoms with Crippen LogP contribution in [0, 0.1) is 0 Å². The minimum absolute atomic E-state index is 0.0133. The molecule has 0 aliphatic carbocycles. The smallest absolute Gasteiger partial charge is 0.239 e. The topological polar surface area (TPSA) is 73.5 Å². The zero-order valence-corrected chi connectivity index (χ0v) is 13.6. The van der Waals surface area contributed by atoms with E-state index in [0.29, 0.717) is 9.92 Å². The molecular weight excluding hydrogens is 324 g/mol. The van der Waals surface area contributed by atoms with Crippen LogP contribution in [-0.2, 0) is 10.0 Å². The van der Waals surface area contributed by atoms with E-state index in [2.05, 4.69) is 16.4 Å². The molecule has 8 heteroatoms. The highest BCUT2D eigenvalue weighted by atomic mass is 35.5. The Morgan fingerprint density at radius 2 is 1.91 bits per heavy atom. The molecule has 0 spiro atoms. The SMILES string of the molecule is O=S(=O)(c1ccc(Cl)cc1)N1C2CCCC1C1NNNC1C2. The Bertz CT molecular complexity index is 666. The summed E-state index contributed by atoms with van der Waals surface area (Å²) in [5.41, 5.74) is 9.35. The highest BCUT2D eigenvalue weighted by Gasteiger charge is 2.51. The lowest BCUT2D eigenvalue weighted by atomic mass is 9.81. The van der Waals surface area contributed by atoms with Crippen molar-refractivity contribution in [2.24, 2.45) is 0 Å². The van der Waals surface area contributed by atoms with Crippen LogP contribution >= 0.6 is 11.6 Å². The molecule has 3 heterocycles. The van der Waals surface area contributed by atoms with Crippen LogP contribution in [0.2, 0.25) is 5.02 Å². The average molecular weight is 343 g/mol. The largest absolute Gasteiger partial charge is 0.243 e. The van der Waals surface area contributed by atoms with E-state index in [-0.39, 0.29) is 24.2 Å². The molecule has 3 fully saturated rings. The van der Waals surface area contributed by atoms with Gasteiger partial charge in [0.15, 0.2) is 0 Å². The number of sulfonamides is 1. The number of fused-ring (bicyclic) bond motifs is 4. The maximum absolute atomic E-state index is 13.1. The Kier molecular flexibility index (Phi) is 3.67. The molecule has 1 aromatic carbocycles. The number of hydrogen-bond acceptors (Lipinski definition) is 5. The van der Waals surface area contributed by atoms with E-state index in [1.807, 2.05) is 0 Å². The molecular formula is C14H19ClN4O2S. The first-order chi connectivity index (χ1) is 10.6. The van der Waals surface area contributed by atoms with Gasteiger partial charge in [-0.1, -0.05) is 18.0 Å². The summed E-state index contributed by atoms with van der Waals surface area (Å²) in [6.07, 6.45) is 3.72. The molecule has 0 amide bonds. The summed E-state index contributed by atoms with van der Waals surface area (Å²) in [6.45, 7) is 0. The van der Waals surface area contributed by atoms with Crippen molar-refractivity contribution in [3.8, 4) is 0 Å². The second kappa shape index (κ2) is 5.43. The number of hydrogen-bond donors (Lipinski definition) is 3. The Morgan fingerprint density at radius 3 is 2.68 bits per heavy atom. The van der Waals surface area contributed by atoms with E-state index in [1.54, 1.807) is 28.6 Å². The number of nitrogens with zero attached hydrogens (tertiary/aromatic N) is 1. The number of nitrogens with one attached hydrogen (secondary N) is 3. The molecule has 4 unspecified atom stereocenters. The summed E-state index contributed by atoms with van der Waals surface area (Å²) in [4.78, 5) is 0.325. The Labute approximate surface area is 135 Å². The van der Waals surface area contributed by atoms with Crippen LogP contribution in [0.5, 0.6) is 0 Å². The van der Waals surface area contributed by atoms with Crippen LogP contribution in [-0.4, -0.2) is 36.9 Å². The Hall–Kier alpha value is -0.700. The van der Waals surface area contributed by atoms with Crippen molar-refractivity contribution >= 4 is 21.6 Å². The first-order valence-electron chi connectivity index (χ1n) is 7.62. The van der Waals surface area contributed by atoms with E-state index in [9.17, 15) is 8.42 Å². The van der Waals surface area contributed by atoms with Crippen LogP contribution in [0.1, 0.15) is 25.7 Å². The molecule has 1 aromatic rings. The summed E-state index contributed by atoms with van der Waals surface area (Å²) >= 11 is 5.88. The zero-order valence-electron chi connectivity index (χ0n) is 12.0. The zero-order chi connectivity index (χ0) is 15.3. The summed E-state index contributed by atoms with van der Waals surface area (Å²) in [7, 11) is -3.50. The van der Waals surface area contributed by atoms with Gasteiger partial charge in [-0.3, -0.25) is 0 Å². The van der Waals surface area contributed by atoms with Gasteiger partial charge in [0.05, 0.1) is 10.9 Å². The summed E-state index contributed by atoms with van der Waals surface area (Å²) in [5, 5.41) is 0.545. The first kappa shape index (κ1) is 14.9. The monoisotopic (exact) mass is 342 g/mol. The maximum atomic E-state index is 13.1. The summed E-state index contributed by atoms with van der Waals surface area (Å²) in [5.74, 6) is 0. The first-order valence-corrected chi connectivity index (χ1v) is 9.44. The molecule has 0 saturated carbocycles. The van der Waals surface area contributed by atoms with Gasteiger partial charge in [0.1, 0.15) is 0 Å². The van der Waals surface area contributed by atoms with E-state index in [0.717, 1.165) is 25.7 Å². The van der Waals surface area contributed by atoms with Crippen LogP contribution < -0.4 is 16.4 Å². The van der Waals surface area contributed by atoms with Crippen molar-refractivity contribution in [2.75, 3.05) is 0 Å². The molecule has 4 rings (SSSR count). The van der Waals surface area contributed by atoms with E-state index < -0.39 is 10.0 Å². The standard InChI is InChI=1S/C14H19ClN4O2S/c15-9-4-6-11(7-5-9)22(20,21)19-10-2-1-3-13(19)14-12(8-10)16-18-17-14/h4-7,10,12-14,16-18H,1-3,8H2. The van der Waals surface area contributed by atoms with Gasteiger partial charge >= 0.3 is 0 Å². The van der Waals surface area contributed by atoms with E-state index in [1.165, 1.54) is 0 Å². The highest BCUT2D eigenvalue weighted by Crippen LogP contribution is 2.39. The Morgan fingerprint density at radius 1 is 1.14 bits per heavy atom. The van der Waals surface area contributed by atoms with Gasteiger partial charge in [0.25, 0.3) is 0 Å². The normalized spacial score (nSPS) is 35.3. The lowest BCUT2D eigenvalue weighted by Gasteiger charge is -2.49. The molecule has 22 heavy (non-hydrogen) atoms. The van der Waals surface area contributed by atoms with E-state index >= 15 is 0 Å². The van der Waals surface area contributed by atoms with Crippen molar-refractivity contribution in [1.82, 2.24) is 20.7 Å². The van der Waals surface area contributed by atoms with Crippen LogP contribution in [0.15, 0.2) is 29.2 Å². The van der Waals surface area contributed by atoms with Crippen molar-refractivity contribution in [3.63, 3.8) is 0 Å². The van der Waals surface area contributed by atoms with Crippen LogP contribution in [0.4, 0.5) is 0 Å². The average Bonchev–Trinajstić information content (AvgIpc) is 2.95. The molecule has 6 nitrogen and oxygen atoms in total. The molecule has 3 N–H and O–H groups in total. The summed E-state index contributed by atoms with van der Waals surface area (Å²) < 4.78 is 28.0. The fourth-order valence-electron chi connectivity index (χ4n) is 4.02. The molecule has 0 radical (unpaired) electrons. The Balaban J connectivity index is 1.72. The lowest BCUT2D eigenvalue weighted by molar-refractivity contribution is 0.0882. The fourth-order valence-corrected chi connectivity index (χ4v) is 6.05. The number of piperidine rings is 2. The van der Waals surface area contributed by atoms with Gasteiger partial charge in [-0.2, -0.15) is 9.84 Å². The van der Waals surface area contributed by atoms with Gasteiger partial charge in [-0.15, -0.1) is 0 Å². The van der Waals surface area contributed by atoms with Gasteiger partial charge in [0, 0.05) is 23.1 Å². The minimum Gasteiger partial charge on any atom is -0.239 e. The van der Waals surface area contributed by atoms with Crippen molar-refractivity contribution in [1.29, 1.82) is 0 Å². The van der Waals surface area contributed by atoms with Crippen molar-refractivity contribution in [2.45, 2.75) is 54.7 Å². The lowest BCUT2D eigenvalue weighted by Crippen LogP contribution is -2.64.